The van der Waals surface area contributed by atoms with E-state index in [-0.39, 0.29) is 17.1 Å². The second-order valence-electron chi connectivity index (χ2n) is 7.03. The van der Waals surface area contributed by atoms with Crippen molar-refractivity contribution in [2.45, 2.75) is 17.6 Å². The number of carbonyl (C=O) groups excluding carboxylic acids is 3. The first-order valence-corrected chi connectivity index (χ1v) is 10.5. The average Bonchev–Trinajstić information content (AvgIpc) is 3.08. The lowest BCUT2D eigenvalue weighted by Gasteiger charge is -2.18. The van der Waals surface area contributed by atoms with Crippen molar-refractivity contribution in [1.82, 2.24) is 5.32 Å². The summed E-state index contributed by atoms with van der Waals surface area (Å²) in [5, 5.41) is 4.59. The van der Waals surface area contributed by atoms with Gasteiger partial charge in [-0.05, 0) is 35.2 Å². The van der Waals surface area contributed by atoms with Crippen molar-refractivity contribution in [3.8, 4) is 0 Å². The third kappa shape index (κ3) is 4.60. The lowest BCUT2D eigenvalue weighted by molar-refractivity contribution is -0.119. The molecule has 1 saturated heterocycles. The molecular formula is C24H20N2O3S. The van der Waals surface area contributed by atoms with Crippen molar-refractivity contribution >= 4 is 34.5 Å². The van der Waals surface area contributed by atoms with Crippen LogP contribution in [0.4, 0.5) is 10.5 Å². The zero-order chi connectivity index (χ0) is 20.9. The molecule has 1 unspecified atom stereocenters. The zero-order valence-electron chi connectivity index (χ0n) is 16.1. The highest BCUT2D eigenvalue weighted by Gasteiger charge is 2.31. The fourth-order valence-corrected chi connectivity index (χ4v) is 4.33. The quantitative estimate of drug-likeness (QED) is 0.626. The Labute approximate surface area is 178 Å². The van der Waals surface area contributed by atoms with E-state index < -0.39 is 11.2 Å². The standard InChI is InChI=1S/C24H20N2O3S/c27-22-20(30-24(29)26-22)15-16-11-13-19(14-12-16)25-23(28)21(17-7-3-1-4-8-17)18-9-5-2-6-10-18/h1-14,20-21H,15H2,(H,25,28)(H,26,27,29). The fourth-order valence-electron chi connectivity index (χ4n) is 3.47. The van der Waals surface area contributed by atoms with Crippen molar-refractivity contribution in [3.63, 3.8) is 0 Å². The summed E-state index contributed by atoms with van der Waals surface area (Å²) in [4.78, 5) is 36.2. The predicted octanol–water partition coefficient (Wildman–Crippen LogP) is 4.35. The van der Waals surface area contributed by atoms with Crippen LogP contribution >= 0.6 is 11.8 Å². The Hall–Kier alpha value is -3.38. The highest BCUT2D eigenvalue weighted by molar-refractivity contribution is 8.15. The van der Waals surface area contributed by atoms with Crippen LogP contribution in [0.3, 0.4) is 0 Å². The molecule has 0 saturated carbocycles. The topological polar surface area (TPSA) is 75.3 Å². The van der Waals surface area contributed by atoms with Gasteiger partial charge in [0.1, 0.15) is 0 Å². The van der Waals surface area contributed by atoms with Crippen LogP contribution < -0.4 is 10.6 Å². The number of benzene rings is 3. The molecule has 0 bridgehead atoms. The van der Waals surface area contributed by atoms with E-state index in [9.17, 15) is 14.4 Å². The predicted molar refractivity (Wildman–Crippen MR) is 118 cm³/mol. The number of anilines is 1. The lowest BCUT2D eigenvalue weighted by Crippen LogP contribution is -2.25. The van der Waals surface area contributed by atoms with Crippen LogP contribution in [0.15, 0.2) is 84.9 Å². The number of carbonyl (C=O) groups is 3. The second-order valence-corrected chi connectivity index (χ2v) is 8.20. The zero-order valence-corrected chi connectivity index (χ0v) is 16.9. The van der Waals surface area contributed by atoms with Crippen LogP contribution in [0, 0.1) is 0 Å². The van der Waals surface area contributed by atoms with E-state index >= 15 is 0 Å². The second kappa shape index (κ2) is 8.97. The number of hydrogen-bond donors (Lipinski definition) is 2. The molecule has 5 nitrogen and oxygen atoms in total. The van der Waals surface area contributed by atoms with Gasteiger partial charge in [0.25, 0.3) is 5.24 Å². The molecule has 3 amide bonds. The van der Waals surface area contributed by atoms with Crippen molar-refractivity contribution in [2.75, 3.05) is 5.32 Å². The Morgan fingerprint density at radius 1 is 0.867 bits per heavy atom. The Morgan fingerprint density at radius 2 is 1.43 bits per heavy atom. The van der Waals surface area contributed by atoms with Gasteiger partial charge in [-0.25, -0.2) is 0 Å². The fraction of sp³-hybridized carbons (Fsp3) is 0.125. The molecule has 3 aromatic carbocycles. The molecule has 30 heavy (non-hydrogen) atoms. The molecule has 1 fully saturated rings. The number of amides is 3. The van der Waals surface area contributed by atoms with Gasteiger partial charge in [0, 0.05) is 5.69 Å². The number of imide groups is 1. The monoisotopic (exact) mass is 416 g/mol. The van der Waals surface area contributed by atoms with Gasteiger partial charge in [0.05, 0.1) is 11.2 Å². The van der Waals surface area contributed by atoms with Gasteiger partial charge in [-0.3, -0.25) is 19.7 Å². The maximum absolute atomic E-state index is 13.2. The van der Waals surface area contributed by atoms with Crippen LogP contribution in [0.25, 0.3) is 0 Å². The molecule has 1 aliphatic heterocycles. The first-order valence-electron chi connectivity index (χ1n) is 9.61. The minimum absolute atomic E-state index is 0.114. The van der Waals surface area contributed by atoms with Crippen molar-refractivity contribution in [1.29, 1.82) is 0 Å². The van der Waals surface area contributed by atoms with E-state index in [0.29, 0.717) is 12.1 Å². The largest absolute Gasteiger partial charge is 0.325 e. The summed E-state index contributed by atoms with van der Waals surface area (Å²) in [5.74, 6) is -0.788. The van der Waals surface area contributed by atoms with Crippen LogP contribution in [0.1, 0.15) is 22.6 Å². The van der Waals surface area contributed by atoms with Crippen molar-refractivity contribution in [3.05, 3.63) is 102 Å². The smallest absolute Gasteiger partial charge is 0.286 e. The maximum atomic E-state index is 13.2. The van der Waals surface area contributed by atoms with Crippen LogP contribution in [-0.2, 0) is 16.0 Å². The Kier molecular flexibility index (Phi) is 5.95. The molecule has 6 heteroatoms. The average molecular weight is 417 g/mol. The molecule has 1 heterocycles. The summed E-state index contributed by atoms with van der Waals surface area (Å²) in [7, 11) is 0. The van der Waals surface area contributed by atoms with E-state index in [1.54, 1.807) is 0 Å². The third-order valence-electron chi connectivity index (χ3n) is 4.94. The summed E-state index contributed by atoms with van der Waals surface area (Å²) in [6.07, 6.45) is 0.465. The van der Waals surface area contributed by atoms with Gasteiger partial charge in [-0.1, -0.05) is 84.6 Å². The Bertz CT molecular complexity index is 1010. The van der Waals surface area contributed by atoms with Crippen molar-refractivity contribution in [2.24, 2.45) is 0 Å². The molecule has 4 rings (SSSR count). The first kappa shape index (κ1) is 19.9. The Morgan fingerprint density at radius 3 is 1.93 bits per heavy atom. The summed E-state index contributed by atoms with van der Waals surface area (Å²) >= 11 is 1.01. The number of nitrogens with one attached hydrogen (secondary N) is 2. The molecule has 0 aliphatic carbocycles. The van der Waals surface area contributed by atoms with Gasteiger partial charge in [-0.15, -0.1) is 0 Å². The minimum atomic E-state index is -0.420. The van der Waals surface area contributed by atoms with Crippen LogP contribution in [0.5, 0.6) is 0 Å². The molecule has 0 aromatic heterocycles. The number of rotatable bonds is 6. The summed E-state index contributed by atoms with van der Waals surface area (Å²) < 4.78 is 0. The van der Waals surface area contributed by atoms with E-state index in [0.717, 1.165) is 28.5 Å². The summed E-state index contributed by atoms with van der Waals surface area (Å²) in [6.45, 7) is 0. The first-order chi connectivity index (χ1) is 14.6. The highest BCUT2D eigenvalue weighted by Crippen LogP contribution is 2.27. The highest BCUT2D eigenvalue weighted by atomic mass is 32.2. The molecule has 3 aromatic rings. The molecule has 2 N–H and O–H groups in total. The number of thioether (sulfide) groups is 1. The van der Waals surface area contributed by atoms with Gasteiger partial charge in [-0.2, -0.15) is 0 Å². The van der Waals surface area contributed by atoms with Crippen LogP contribution in [-0.4, -0.2) is 22.3 Å². The number of hydrogen-bond acceptors (Lipinski definition) is 4. The molecular weight excluding hydrogens is 396 g/mol. The minimum Gasteiger partial charge on any atom is -0.325 e. The molecule has 1 aliphatic rings. The maximum Gasteiger partial charge on any atom is 0.286 e. The van der Waals surface area contributed by atoms with Gasteiger partial charge in [0.2, 0.25) is 11.8 Å². The van der Waals surface area contributed by atoms with Gasteiger partial charge in [0.15, 0.2) is 0 Å². The van der Waals surface area contributed by atoms with E-state index in [2.05, 4.69) is 10.6 Å². The normalized spacial score (nSPS) is 15.8. The summed E-state index contributed by atoms with van der Waals surface area (Å²) in [6, 6.07) is 26.7. The van der Waals surface area contributed by atoms with E-state index in [4.69, 9.17) is 0 Å². The van der Waals surface area contributed by atoms with Gasteiger partial charge >= 0.3 is 0 Å². The summed E-state index contributed by atoms with van der Waals surface area (Å²) in [5.41, 5.74) is 3.46. The Balaban J connectivity index is 1.49. The third-order valence-corrected chi connectivity index (χ3v) is 5.92. The van der Waals surface area contributed by atoms with Gasteiger partial charge < -0.3 is 5.32 Å². The molecule has 0 spiro atoms. The molecule has 1 atom stereocenters. The molecule has 0 radical (unpaired) electrons. The van der Waals surface area contributed by atoms with E-state index in [1.807, 2.05) is 84.9 Å². The van der Waals surface area contributed by atoms with Crippen molar-refractivity contribution < 1.29 is 14.4 Å². The lowest BCUT2D eigenvalue weighted by atomic mass is 9.90. The molecule has 150 valence electrons. The van der Waals surface area contributed by atoms with Crippen LogP contribution in [0.2, 0.25) is 0 Å². The van der Waals surface area contributed by atoms with E-state index in [1.165, 1.54) is 0 Å². The SMILES string of the molecule is O=C1NC(=O)C(Cc2ccc(NC(=O)C(c3ccccc3)c3ccccc3)cc2)S1.